The summed E-state index contributed by atoms with van der Waals surface area (Å²) in [4.78, 5) is 11.7. The van der Waals surface area contributed by atoms with Crippen LogP contribution < -0.4 is 5.32 Å². The molecule has 2 aliphatic rings. The second kappa shape index (κ2) is 4.99. The van der Waals surface area contributed by atoms with Gasteiger partial charge in [0.2, 0.25) is 5.91 Å². The van der Waals surface area contributed by atoms with E-state index >= 15 is 0 Å². The molecular weight excluding hydrogens is 210 g/mol. The van der Waals surface area contributed by atoms with Gasteiger partial charge in [-0.15, -0.1) is 0 Å². The molecule has 0 bridgehead atoms. The van der Waals surface area contributed by atoms with Crippen molar-refractivity contribution in [2.75, 3.05) is 0 Å². The molecule has 1 aliphatic heterocycles. The van der Waals surface area contributed by atoms with Crippen LogP contribution in [0.15, 0.2) is 0 Å². The highest BCUT2D eigenvalue weighted by molar-refractivity contribution is 5.80. The number of carbonyl (C=O) groups is 1. The highest BCUT2D eigenvalue weighted by Gasteiger charge is 2.46. The van der Waals surface area contributed by atoms with Crippen molar-refractivity contribution in [1.82, 2.24) is 5.32 Å². The van der Waals surface area contributed by atoms with Crippen LogP contribution in [0.2, 0.25) is 0 Å². The Morgan fingerprint density at radius 2 is 2.12 bits per heavy atom. The third-order valence-electron chi connectivity index (χ3n) is 5.20. The summed E-state index contributed by atoms with van der Waals surface area (Å²) in [5.41, 5.74) is 0.301. The minimum Gasteiger partial charge on any atom is -0.353 e. The monoisotopic (exact) mass is 237 g/mol. The molecular formula is C15H27NO. The van der Waals surface area contributed by atoms with Crippen molar-refractivity contribution in [2.24, 2.45) is 17.3 Å². The maximum absolute atomic E-state index is 11.7. The lowest BCUT2D eigenvalue weighted by molar-refractivity contribution is -0.119. The fraction of sp³-hybridized carbons (Fsp3) is 0.933. The third-order valence-corrected chi connectivity index (χ3v) is 5.20. The second-order valence-corrected chi connectivity index (χ2v) is 6.50. The predicted molar refractivity (Wildman–Crippen MR) is 70.7 cm³/mol. The van der Waals surface area contributed by atoms with Crippen molar-refractivity contribution in [2.45, 2.75) is 71.8 Å². The number of carbonyl (C=O) groups excluding carboxylic acids is 1. The Kier molecular flexibility index (Phi) is 3.79. The van der Waals surface area contributed by atoms with Gasteiger partial charge in [-0.2, -0.15) is 0 Å². The lowest BCUT2D eigenvalue weighted by Crippen LogP contribution is -2.36. The smallest absolute Gasteiger partial charge is 0.220 e. The van der Waals surface area contributed by atoms with Crippen LogP contribution >= 0.6 is 0 Å². The van der Waals surface area contributed by atoms with E-state index in [-0.39, 0.29) is 0 Å². The molecule has 2 rings (SSSR count). The SMILES string of the molecule is CCC1NC(=O)CC12CCCC(C(C)C)CC2. The van der Waals surface area contributed by atoms with Gasteiger partial charge in [-0.05, 0) is 42.9 Å². The summed E-state index contributed by atoms with van der Waals surface area (Å²) in [5, 5.41) is 3.20. The molecule has 0 aromatic heterocycles. The lowest BCUT2D eigenvalue weighted by Gasteiger charge is -2.33. The fourth-order valence-corrected chi connectivity index (χ4v) is 4.03. The van der Waals surface area contributed by atoms with Crippen LogP contribution in [0.1, 0.15) is 65.7 Å². The Balaban J connectivity index is 2.08. The number of rotatable bonds is 2. The van der Waals surface area contributed by atoms with E-state index in [2.05, 4.69) is 26.1 Å². The molecule has 1 saturated carbocycles. The van der Waals surface area contributed by atoms with Crippen LogP contribution in [-0.2, 0) is 4.79 Å². The third kappa shape index (κ3) is 2.51. The van der Waals surface area contributed by atoms with E-state index in [0.29, 0.717) is 17.4 Å². The molecule has 2 heteroatoms. The fourth-order valence-electron chi connectivity index (χ4n) is 4.03. The number of amides is 1. The Bertz CT molecular complexity index is 287. The van der Waals surface area contributed by atoms with E-state index in [0.717, 1.165) is 24.7 Å². The van der Waals surface area contributed by atoms with Crippen LogP contribution in [0.3, 0.4) is 0 Å². The average Bonchev–Trinajstić information content (AvgIpc) is 2.46. The van der Waals surface area contributed by atoms with E-state index in [1.54, 1.807) is 0 Å². The zero-order valence-corrected chi connectivity index (χ0v) is 11.6. The summed E-state index contributed by atoms with van der Waals surface area (Å²) in [6.07, 6.45) is 8.40. The maximum Gasteiger partial charge on any atom is 0.220 e. The van der Waals surface area contributed by atoms with Crippen molar-refractivity contribution in [1.29, 1.82) is 0 Å². The average molecular weight is 237 g/mol. The van der Waals surface area contributed by atoms with Crippen molar-refractivity contribution >= 4 is 5.91 Å². The van der Waals surface area contributed by atoms with Crippen LogP contribution in [0, 0.1) is 17.3 Å². The maximum atomic E-state index is 11.7. The summed E-state index contributed by atoms with van der Waals surface area (Å²) in [5.74, 6) is 1.97. The Morgan fingerprint density at radius 3 is 2.76 bits per heavy atom. The number of nitrogens with one attached hydrogen (secondary N) is 1. The van der Waals surface area contributed by atoms with Crippen LogP contribution in [-0.4, -0.2) is 11.9 Å². The molecule has 1 spiro atoms. The Labute approximate surface area is 106 Å². The minimum atomic E-state index is 0.292. The normalized spacial score (nSPS) is 38.5. The van der Waals surface area contributed by atoms with Gasteiger partial charge in [-0.1, -0.05) is 33.6 Å². The Morgan fingerprint density at radius 1 is 1.35 bits per heavy atom. The molecule has 1 N–H and O–H groups in total. The van der Waals surface area contributed by atoms with Gasteiger partial charge in [0.1, 0.15) is 0 Å². The van der Waals surface area contributed by atoms with Gasteiger partial charge in [0.05, 0.1) is 0 Å². The summed E-state index contributed by atoms with van der Waals surface area (Å²) >= 11 is 0. The van der Waals surface area contributed by atoms with E-state index in [1.165, 1.54) is 32.1 Å². The van der Waals surface area contributed by atoms with Crippen molar-refractivity contribution in [3.8, 4) is 0 Å². The highest BCUT2D eigenvalue weighted by atomic mass is 16.2. The number of hydrogen-bond acceptors (Lipinski definition) is 1. The van der Waals surface area contributed by atoms with Gasteiger partial charge in [0.25, 0.3) is 0 Å². The zero-order chi connectivity index (χ0) is 12.5. The molecule has 98 valence electrons. The molecule has 2 fully saturated rings. The second-order valence-electron chi connectivity index (χ2n) is 6.50. The lowest BCUT2D eigenvalue weighted by atomic mass is 9.73. The highest BCUT2D eigenvalue weighted by Crippen LogP contribution is 2.47. The predicted octanol–water partition coefficient (Wildman–Crippen LogP) is 3.51. The quantitative estimate of drug-likeness (QED) is 0.782. The molecule has 0 radical (unpaired) electrons. The summed E-state index contributed by atoms with van der Waals surface area (Å²) in [6.45, 7) is 6.90. The first kappa shape index (κ1) is 12.9. The molecule has 1 heterocycles. The first-order valence-corrected chi connectivity index (χ1v) is 7.37. The molecule has 2 nitrogen and oxygen atoms in total. The standard InChI is InChI=1S/C15H27NO/c1-4-13-15(10-14(17)16-13)8-5-6-12(7-9-15)11(2)3/h11-13H,4-10H2,1-3H3,(H,16,17). The molecule has 1 amide bonds. The first-order chi connectivity index (χ1) is 8.07. The molecule has 1 saturated heterocycles. The largest absolute Gasteiger partial charge is 0.353 e. The van der Waals surface area contributed by atoms with E-state index in [1.807, 2.05) is 0 Å². The van der Waals surface area contributed by atoms with E-state index in [9.17, 15) is 4.79 Å². The van der Waals surface area contributed by atoms with Crippen molar-refractivity contribution < 1.29 is 4.79 Å². The van der Waals surface area contributed by atoms with Crippen molar-refractivity contribution in [3.63, 3.8) is 0 Å². The van der Waals surface area contributed by atoms with E-state index in [4.69, 9.17) is 0 Å². The van der Waals surface area contributed by atoms with Crippen LogP contribution in [0.25, 0.3) is 0 Å². The van der Waals surface area contributed by atoms with E-state index < -0.39 is 0 Å². The minimum absolute atomic E-state index is 0.292. The van der Waals surface area contributed by atoms with Gasteiger partial charge in [0.15, 0.2) is 0 Å². The summed E-state index contributed by atoms with van der Waals surface area (Å²) in [7, 11) is 0. The summed E-state index contributed by atoms with van der Waals surface area (Å²) in [6, 6.07) is 0.445. The molecule has 1 aliphatic carbocycles. The topological polar surface area (TPSA) is 29.1 Å². The first-order valence-electron chi connectivity index (χ1n) is 7.37. The molecule has 3 atom stereocenters. The van der Waals surface area contributed by atoms with Crippen LogP contribution in [0.4, 0.5) is 0 Å². The van der Waals surface area contributed by atoms with Gasteiger partial charge in [-0.3, -0.25) is 4.79 Å². The van der Waals surface area contributed by atoms with Gasteiger partial charge >= 0.3 is 0 Å². The molecule has 0 aromatic rings. The summed E-state index contributed by atoms with van der Waals surface area (Å²) < 4.78 is 0. The van der Waals surface area contributed by atoms with Crippen LogP contribution in [0.5, 0.6) is 0 Å². The van der Waals surface area contributed by atoms with Crippen molar-refractivity contribution in [3.05, 3.63) is 0 Å². The zero-order valence-electron chi connectivity index (χ0n) is 11.6. The molecule has 3 unspecified atom stereocenters. The number of hydrogen-bond donors (Lipinski definition) is 1. The molecule has 0 aromatic carbocycles. The van der Waals surface area contributed by atoms with Gasteiger partial charge in [-0.25, -0.2) is 0 Å². The van der Waals surface area contributed by atoms with Gasteiger partial charge < -0.3 is 5.32 Å². The Hall–Kier alpha value is -0.530. The van der Waals surface area contributed by atoms with Gasteiger partial charge in [0, 0.05) is 12.5 Å². The molecule has 17 heavy (non-hydrogen) atoms.